The minimum absolute atomic E-state index is 0.293. The van der Waals surface area contributed by atoms with Crippen molar-refractivity contribution < 1.29 is 9.05 Å². The second-order valence-electron chi connectivity index (χ2n) is 4.75. The molecule has 3 aromatic heterocycles. The molecule has 1 atom stereocenters. The molecule has 0 aliphatic heterocycles. The molecule has 7 nitrogen and oxygen atoms in total. The van der Waals surface area contributed by atoms with Crippen LogP contribution in [0.3, 0.4) is 0 Å². The largest absolute Gasteiger partial charge is 0.336 e. The highest BCUT2D eigenvalue weighted by atomic mass is 16.5. The third-order valence-corrected chi connectivity index (χ3v) is 3.21. The first-order valence-corrected chi connectivity index (χ1v) is 6.39. The summed E-state index contributed by atoms with van der Waals surface area (Å²) in [5, 5.41) is 11.8. The second-order valence-corrected chi connectivity index (χ2v) is 4.75. The monoisotopic (exact) mass is 273 g/mol. The van der Waals surface area contributed by atoms with Crippen LogP contribution in [0.4, 0.5) is 0 Å². The molecule has 0 radical (unpaired) electrons. The van der Waals surface area contributed by atoms with Crippen LogP contribution in [-0.2, 0) is 6.42 Å². The lowest BCUT2D eigenvalue weighted by molar-refractivity contribution is 0.418. The van der Waals surface area contributed by atoms with Crippen LogP contribution in [-0.4, -0.2) is 33.4 Å². The number of nitrogens with zero attached hydrogens (tertiary/aromatic N) is 4. The predicted molar refractivity (Wildman–Crippen MR) is 72.1 cm³/mol. The van der Waals surface area contributed by atoms with E-state index in [1.54, 1.807) is 6.20 Å². The molecule has 0 aromatic carbocycles. The number of pyridine rings is 1. The standard InChI is InChI=1S/C13H15N5O2/c1-7(14-3)4-11-16-12(19-18-11)9-5-10-8(2)17-20-13(10)15-6-9/h5-7,14H,4H2,1-3H3. The van der Waals surface area contributed by atoms with Gasteiger partial charge < -0.3 is 14.4 Å². The quantitative estimate of drug-likeness (QED) is 0.774. The summed E-state index contributed by atoms with van der Waals surface area (Å²) in [6.45, 7) is 3.93. The average molecular weight is 273 g/mol. The summed E-state index contributed by atoms with van der Waals surface area (Å²) < 4.78 is 10.4. The van der Waals surface area contributed by atoms with E-state index in [-0.39, 0.29) is 0 Å². The maximum Gasteiger partial charge on any atom is 0.259 e. The van der Waals surface area contributed by atoms with E-state index >= 15 is 0 Å². The van der Waals surface area contributed by atoms with Gasteiger partial charge in [0.25, 0.3) is 11.6 Å². The molecular weight excluding hydrogens is 258 g/mol. The van der Waals surface area contributed by atoms with Crippen molar-refractivity contribution in [2.45, 2.75) is 26.3 Å². The second kappa shape index (κ2) is 5.01. The highest BCUT2D eigenvalue weighted by Gasteiger charge is 2.14. The molecule has 0 bridgehead atoms. The number of aryl methyl sites for hydroxylation is 1. The number of fused-ring (bicyclic) bond motifs is 1. The van der Waals surface area contributed by atoms with E-state index in [0.717, 1.165) is 16.6 Å². The van der Waals surface area contributed by atoms with Crippen LogP contribution in [0.15, 0.2) is 21.3 Å². The Bertz CT molecular complexity index is 733. The van der Waals surface area contributed by atoms with E-state index in [1.807, 2.05) is 20.0 Å². The highest BCUT2D eigenvalue weighted by Crippen LogP contribution is 2.23. The van der Waals surface area contributed by atoms with Crippen LogP contribution in [0.5, 0.6) is 0 Å². The maximum absolute atomic E-state index is 5.28. The van der Waals surface area contributed by atoms with Crippen LogP contribution >= 0.6 is 0 Å². The van der Waals surface area contributed by atoms with E-state index in [2.05, 4.69) is 32.5 Å². The van der Waals surface area contributed by atoms with E-state index < -0.39 is 0 Å². The lowest BCUT2D eigenvalue weighted by atomic mass is 10.2. The van der Waals surface area contributed by atoms with Crippen molar-refractivity contribution in [1.82, 2.24) is 25.6 Å². The zero-order valence-corrected chi connectivity index (χ0v) is 11.5. The SMILES string of the molecule is CNC(C)Cc1noc(-c2cnc3onc(C)c3c2)n1. The fourth-order valence-electron chi connectivity index (χ4n) is 1.89. The van der Waals surface area contributed by atoms with Crippen molar-refractivity contribution in [3.8, 4) is 11.5 Å². The molecule has 0 amide bonds. The summed E-state index contributed by atoms with van der Waals surface area (Å²) in [6.07, 6.45) is 2.35. The van der Waals surface area contributed by atoms with Gasteiger partial charge in [0.05, 0.1) is 16.6 Å². The predicted octanol–water partition coefficient (Wildman–Crippen LogP) is 1.73. The van der Waals surface area contributed by atoms with E-state index in [0.29, 0.717) is 29.9 Å². The topological polar surface area (TPSA) is 89.9 Å². The summed E-state index contributed by atoms with van der Waals surface area (Å²) >= 11 is 0. The van der Waals surface area contributed by atoms with Gasteiger partial charge in [-0.3, -0.25) is 0 Å². The molecule has 104 valence electrons. The molecule has 3 aromatic rings. The van der Waals surface area contributed by atoms with Crippen LogP contribution in [0.2, 0.25) is 0 Å². The highest BCUT2D eigenvalue weighted by molar-refractivity contribution is 5.79. The number of likely N-dealkylation sites (N-methyl/N-ethyl adjacent to an activating group) is 1. The Morgan fingerprint density at radius 3 is 2.95 bits per heavy atom. The fraction of sp³-hybridized carbons (Fsp3) is 0.385. The van der Waals surface area contributed by atoms with Crippen molar-refractivity contribution in [2.75, 3.05) is 7.05 Å². The van der Waals surface area contributed by atoms with Gasteiger partial charge in [-0.2, -0.15) is 4.98 Å². The number of nitrogens with one attached hydrogen (secondary N) is 1. The van der Waals surface area contributed by atoms with Gasteiger partial charge in [-0.1, -0.05) is 10.3 Å². The Hall–Kier alpha value is -2.28. The Morgan fingerprint density at radius 2 is 2.15 bits per heavy atom. The lowest BCUT2D eigenvalue weighted by Crippen LogP contribution is -2.24. The Labute approximate surface area is 115 Å². The third-order valence-electron chi connectivity index (χ3n) is 3.21. The molecule has 0 aliphatic carbocycles. The van der Waals surface area contributed by atoms with Crippen LogP contribution in [0.25, 0.3) is 22.6 Å². The van der Waals surface area contributed by atoms with Crippen LogP contribution < -0.4 is 5.32 Å². The molecule has 3 rings (SSSR count). The van der Waals surface area contributed by atoms with E-state index in [4.69, 9.17) is 9.05 Å². The maximum atomic E-state index is 5.28. The molecule has 0 aliphatic rings. The van der Waals surface area contributed by atoms with Gasteiger partial charge in [-0.05, 0) is 27.0 Å². The van der Waals surface area contributed by atoms with Crippen molar-refractivity contribution in [3.63, 3.8) is 0 Å². The molecule has 20 heavy (non-hydrogen) atoms. The van der Waals surface area contributed by atoms with Crippen LogP contribution in [0.1, 0.15) is 18.4 Å². The summed E-state index contributed by atoms with van der Waals surface area (Å²) in [7, 11) is 1.90. The van der Waals surface area contributed by atoms with Crippen molar-refractivity contribution in [1.29, 1.82) is 0 Å². The molecular formula is C13H15N5O2. The summed E-state index contributed by atoms with van der Waals surface area (Å²) in [5.74, 6) is 1.13. The van der Waals surface area contributed by atoms with Crippen molar-refractivity contribution >= 4 is 11.1 Å². The molecule has 0 spiro atoms. The van der Waals surface area contributed by atoms with Gasteiger partial charge in [0, 0.05) is 18.7 Å². The minimum Gasteiger partial charge on any atom is -0.336 e. The third kappa shape index (κ3) is 2.27. The van der Waals surface area contributed by atoms with Gasteiger partial charge in [0.2, 0.25) is 0 Å². The molecule has 0 saturated carbocycles. The van der Waals surface area contributed by atoms with E-state index in [9.17, 15) is 0 Å². The van der Waals surface area contributed by atoms with Crippen molar-refractivity contribution in [2.24, 2.45) is 0 Å². The Morgan fingerprint density at radius 1 is 1.30 bits per heavy atom. The normalized spacial score (nSPS) is 12.9. The number of hydrogen-bond donors (Lipinski definition) is 1. The van der Waals surface area contributed by atoms with Gasteiger partial charge in [-0.25, -0.2) is 4.98 Å². The first-order chi connectivity index (χ1) is 9.67. The zero-order valence-electron chi connectivity index (χ0n) is 11.5. The fourth-order valence-corrected chi connectivity index (χ4v) is 1.89. The minimum atomic E-state index is 0.293. The van der Waals surface area contributed by atoms with Crippen LogP contribution in [0, 0.1) is 6.92 Å². The lowest BCUT2D eigenvalue weighted by Gasteiger charge is -2.04. The van der Waals surface area contributed by atoms with Gasteiger partial charge in [0.15, 0.2) is 5.82 Å². The summed E-state index contributed by atoms with van der Waals surface area (Å²) in [6, 6.07) is 2.19. The van der Waals surface area contributed by atoms with Gasteiger partial charge in [-0.15, -0.1) is 0 Å². The molecule has 3 heterocycles. The smallest absolute Gasteiger partial charge is 0.259 e. The molecule has 0 fully saturated rings. The first-order valence-electron chi connectivity index (χ1n) is 6.39. The number of aromatic nitrogens is 4. The number of hydrogen-bond acceptors (Lipinski definition) is 7. The number of rotatable bonds is 4. The van der Waals surface area contributed by atoms with Gasteiger partial charge in [0.1, 0.15) is 0 Å². The molecule has 7 heteroatoms. The zero-order chi connectivity index (χ0) is 14.1. The average Bonchev–Trinajstić information content (AvgIpc) is 3.06. The molecule has 1 N–H and O–H groups in total. The van der Waals surface area contributed by atoms with Crippen molar-refractivity contribution in [3.05, 3.63) is 23.8 Å². The summed E-state index contributed by atoms with van der Waals surface area (Å²) in [5.41, 5.74) is 2.06. The molecule has 1 unspecified atom stereocenters. The molecule has 0 saturated heterocycles. The van der Waals surface area contributed by atoms with E-state index in [1.165, 1.54) is 0 Å². The summed E-state index contributed by atoms with van der Waals surface area (Å²) in [4.78, 5) is 8.58. The Balaban J connectivity index is 1.92. The van der Waals surface area contributed by atoms with Gasteiger partial charge >= 0.3 is 0 Å². The Kier molecular flexibility index (Phi) is 3.19. The first kappa shape index (κ1) is 12.7.